The first kappa shape index (κ1) is 13.8. The molecular formula is C18H21NO3. The number of nitrogens with zero attached hydrogens (tertiary/aromatic N) is 1. The van der Waals surface area contributed by atoms with Crippen molar-refractivity contribution in [3.8, 4) is 0 Å². The molecule has 1 aromatic rings. The largest absolute Gasteiger partial charge is 0.481 e. The molecule has 0 bridgehead atoms. The third-order valence-corrected chi connectivity index (χ3v) is 6.07. The van der Waals surface area contributed by atoms with Gasteiger partial charge in [-0.3, -0.25) is 9.59 Å². The molecule has 4 nitrogen and oxygen atoms in total. The first-order valence-electron chi connectivity index (χ1n) is 8.07. The number of carboxylic acid groups (broad SMARTS) is 1. The van der Waals surface area contributed by atoms with Gasteiger partial charge in [0.15, 0.2) is 0 Å². The minimum absolute atomic E-state index is 0.0515. The van der Waals surface area contributed by atoms with Gasteiger partial charge < -0.3 is 10.0 Å². The van der Waals surface area contributed by atoms with E-state index in [0.717, 1.165) is 19.3 Å². The van der Waals surface area contributed by atoms with Crippen molar-refractivity contribution in [3.05, 3.63) is 35.4 Å². The highest BCUT2D eigenvalue weighted by Crippen LogP contribution is 2.62. The number of aryl methyl sites for hydroxylation is 1. The van der Waals surface area contributed by atoms with E-state index in [2.05, 4.69) is 24.3 Å². The molecule has 22 heavy (non-hydrogen) atoms. The Morgan fingerprint density at radius 2 is 2.05 bits per heavy atom. The van der Waals surface area contributed by atoms with Crippen molar-refractivity contribution < 1.29 is 14.7 Å². The number of aliphatic carboxylic acids is 1. The Bertz CT molecular complexity index is 670. The first-order valence-corrected chi connectivity index (χ1v) is 8.07. The minimum atomic E-state index is -0.792. The Kier molecular flexibility index (Phi) is 2.72. The van der Waals surface area contributed by atoms with E-state index in [-0.39, 0.29) is 17.2 Å². The Morgan fingerprint density at radius 1 is 1.27 bits per heavy atom. The van der Waals surface area contributed by atoms with E-state index in [4.69, 9.17) is 0 Å². The average molecular weight is 299 g/mol. The maximum Gasteiger partial charge on any atom is 0.311 e. The smallest absolute Gasteiger partial charge is 0.311 e. The number of fused-ring (bicyclic) bond motifs is 2. The molecule has 3 atom stereocenters. The van der Waals surface area contributed by atoms with E-state index >= 15 is 0 Å². The third-order valence-electron chi connectivity index (χ3n) is 6.07. The normalized spacial score (nSPS) is 35.7. The van der Waals surface area contributed by atoms with Gasteiger partial charge in [-0.2, -0.15) is 0 Å². The first-order chi connectivity index (χ1) is 10.5. The average Bonchev–Trinajstić information content (AvgIpc) is 2.90. The van der Waals surface area contributed by atoms with Crippen LogP contribution in [-0.2, 0) is 21.4 Å². The van der Waals surface area contributed by atoms with Crippen molar-refractivity contribution in [2.45, 2.75) is 38.0 Å². The number of benzene rings is 1. The molecule has 1 saturated heterocycles. The summed E-state index contributed by atoms with van der Waals surface area (Å²) in [6.07, 6.45) is 3.62. The molecule has 4 rings (SSSR count). The summed E-state index contributed by atoms with van der Waals surface area (Å²) in [5.74, 6) is -0.562. The Hall–Kier alpha value is -1.84. The maximum absolute atomic E-state index is 12.8. The fraction of sp³-hybridized carbons (Fsp3) is 0.556. The quantitative estimate of drug-likeness (QED) is 0.911. The highest BCUT2D eigenvalue weighted by molar-refractivity contribution is 5.86. The number of likely N-dealkylation sites (tertiary alicyclic amines) is 1. The molecule has 1 heterocycles. The second kappa shape index (κ2) is 4.34. The van der Waals surface area contributed by atoms with Crippen molar-refractivity contribution in [2.24, 2.45) is 11.3 Å². The van der Waals surface area contributed by atoms with Gasteiger partial charge in [-0.1, -0.05) is 24.3 Å². The Morgan fingerprint density at radius 3 is 2.77 bits per heavy atom. The monoisotopic (exact) mass is 299 g/mol. The van der Waals surface area contributed by atoms with Crippen molar-refractivity contribution in [3.63, 3.8) is 0 Å². The van der Waals surface area contributed by atoms with E-state index in [1.165, 1.54) is 11.1 Å². The molecule has 4 heteroatoms. The predicted molar refractivity (Wildman–Crippen MR) is 81.5 cm³/mol. The number of amides is 1. The number of hydrogen-bond acceptors (Lipinski definition) is 2. The van der Waals surface area contributed by atoms with Gasteiger partial charge in [-0.15, -0.1) is 0 Å². The topological polar surface area (TPSA) is 57.6 Å². The second-order valence-electron chi connectivity index (χ2n) is 7.45. The minimum Gasteiger partial charge on any atom is -0.481 e. The molecule has 2 fully saturated rings. The maximum atomic E-state index is 12.8. The predicted octanol–water partition coefficient (Wildman–Crippen LogP) is 2.21. The number of hydrogen-bond donors (Lipinski definition) is 1. The SMILES string of the molecule is CC1(C(=O)O)CCN(C(=O)C2CC23CCc2ccccc23)C1. The second-order valence-corrected chi connectivity index (χ2v) is 7.45. The van der Waals surface area contributed by atoms with Crippen molar-refractivity contribution >= 4 is 11.9 Å². The van der Waals surface area contributed by atoms with Crippen LogP contribution in [0.3, 0.4) is 0 Å². The lowest BCUT2D eigenvalue weighted by Gasteiger charge is -2.21. The van der Waals surface area contributed by atoms with Crippen LogP contribution in [0.4, 0.5) is 0 Å². The lowest BCUT2D eigenvalue weighted by Crippen LogP contribution is -2.36. The van der Waals surface area contributed by atoms with Gasteiger partial charge in [0.05, 0.1) is 5.41 Å². The van der Waals surface area contributed by atoms with Crippen LogP contribution in [-0.4, -0.2) is 35.0 Å². The summed E-state index contributed by atoms with van der Waals surface area (Å²) in [6, 6.07) is 8.46. The molecule has 2 aliphatic carbocycles. The van der Waals surface area contributed by atoms with Gasteiger partial charge in [-0.25, -0.2) is 0 Å². The summed E-state index contributed by atoms with van der Waals surface area (Å²) in [5.41, 5.74) is 2.02. The number of carbonyl (C=O) groups excluding carboxylic acids is 1. The van der Waals surface area contributed by atoms with Crippen LogP contribution in [0.5, 0.6) is 0 Å². The van der Waals surface area contributed by atoms with Gasteiger partial charge in [-0.05, 0) is 43.7 Å². The van der Waals surface area contributed by atoms with E-state index in [0.29, 0.717) is 19.5 Å². The summed E-state index contributed by atoms with van der Waals surface area (Å²) >= 11 is 0. The third kappa shape index (κ3) is 1.76. The summed E-state index contributed by atoms with van der Waals surface area (Å²) in [5, 5.41) is 9.32. The van der Waals surface area contributed by atoms with E-state index in [1.54, 1.807) is 11.8 Å². The highest BCUT2D eigenvalue weighted by atomic mass is 16.4. The van der Waals surface area contributed by atoms with Gasteiger partial charge in [0.1, 0.15) is 0 Å². The van der Waals surface area contributed by atoms with Crippen LogP contribution in [0.1, 0.15) is 37.3 Å². The summed E-state index contributed by atoms with van der Waals surface area (Å²) < 4.78 is 0. The Labute approximate surface area is 130 Å². The van der Waals surface area contributed by atoms with E-state index < -0.39 is 11.4 Å². The van der Waals surface area contributed by atoms with Crippen molar-refractivity contribution in [1.82, 2.24) is 4.90 Å². The molecule has 1 aliphatic heterocycles. The zero-order valence-corrected chi connectivity index (χ0v) is 12.8. The standard InChI is InChI=1S/C18H21NO3/c1-17(16(21)22)8-9-19(11-17)15(20)14-10-18(14)7-6-12-4-2-3-5-13(12)18/h2-5,14H,6-11H2,1H3,(H,21,22). The summed E-state index contributed by atoms with van der Waals surface area (Å²) in [7, 11) is 0. The van der Waals surface area contributed by atoms with E-state index in [9.17, 15) is 14.7 Å². The molecular weight excluding hydrogens is 278 g/mol. The molecule has 1 aromatic carbocycles. The molecule has 116 valence electrons. The number of rotatable bonds is 2. The zero-order chi connectivity index (χ0) is 15.5. The molecule has 1 spiro atoms. The van der Waals surface area contributed by atoms with Crippen LogP contribution in [0.25, 0.3) is 0 Å². The van der Waals surface area contributed by atoms with Crippen molar-refractivity contribution in [2.75, 3.05) is 13.1 Å². The van der Waals surface area contributed by atoms with Crippen LogP contribution in [0, 0.1) is 11.3 Å². The summed E-state index contributed by atoms with van der Waals surface area (Å²) in [6.45, 7) is 2.68. The lowest BCUT2D eigenvalue weighted by atomic mass is 9.90. The number of carboxylic acids is 1. The van der Waals surface area contributed by atoms with Crippen LogP contribution < -0.4 is 0 Å². The molecule has 0 aromatic heterocycles. The van der Waals surface area contributed by atoms with Crippen LogP contribution >= 0.6 is 0 Å². The Balaban J connectivity index is 1.52. The number of carbonyl (C=O) groups is 2. The van der Waals surface area contributed by atoms with Gasteiger partial charge >= 0.3 is 5.97 Å². The van der Waals surface area contributed by atoms with Gasteiger partial charge in [0.25, 0.3) is 0 Å². The molecule has 3 unspecified atom stereocenters. The van der Waals surface area contributed by atoms with Gasteiger partial charge in [0.2, 0.25) is 5.91 Å². The zero-order valence-electron chi connectivity index (χ0n) is 12.8. The molecule has 1 saturated carbocycles. The van der Waals surface area contributed by atoms with Crippen LogP contribution in [0.15, 0.2) is 24.3 Å². The highest BCUT2D eigenvalue weighted by Gasteiger charge is 2.62. The molecule has 1 N–H and O–H groups in total. The fourth-order valence-electron chi connectivity index (χ4n) is 4.46. The van der Waals surface area contributed by atoms with Crippen molar-refractivity contribution in [1.29, 1.82) is 0 Å². The summed E-state index contributed by atoms with van der Waals surface area (Å²) in [4.78, 5) is 26.0. The molecule has 0 radical (unpaired) electrons. The molecule has 1 amide bonds. The lowest BCUT2D eigenvalue weighted by molar-refractivity contribution is -0.147. The molecule has 3 aliphatic rings. The fourth-order valence-corrected chi connectivity index (χ4v) is 4.46. The van der Waals surface area contributed by atoms with E-state index in [1.807, 2.05) is 0 Å². The van der Waals surface area contributed by atoms with Gasteiger partial charge in [0, 0.05) is 24.4 Å². The van der Waals surface area contributed by atoms with Crippen LogP contribution in [0.2, 0.25) is 0 Å².